The molecule has 1 fully saturated rings. The van der Waals surface area contributed by atoms with Gasteiger partial charge in [0.05, 0.1) is 4.90 Å². The Labute approximate surface area is 194 Å². The third-order valence-electron chi connectivity index (χ3n) is 5.48. The van der Waals surface area contributed by atoms with Crippen LogP contribution in [0.3, 0.4) is 0 Å². The van der Waals surface area contributed by atoms with E-state index in [2.05, 4.69) is 15.4 Å². The molecule has 2 bridgehead atoms. The van der Waals surface area contributed by atoms with Crippen LogP contribution in [-0.2, 0) is 19.6 Å². The molecule has 10 heteroatoms. The molecule has 1 aromatic carbocycles. The van der Waals surface area contributed by atoms with E-state index in [1.807, 2.05) is 12.2 Å². The molecule has 1 aliphatic heterocycles. The van der Waals surface area contributed by atoms with Gasteiger partial charge in [-0.2, -0.15) is 0 Å². The first-order valence-corrected chi connectivity index (χ1v) is 12.5. The van der Waals surface area contributed by atoms with E-state index < -0.39 is 33.2 Å². The van der Waals surface area contributed by atoms with Crippen molar-refractivity contribution < 1.29 is 27.5 Å². The smallest absolute Gasteiger partial charge is 0.408 e. The van der Waals surface area contributed by atoms with Crippen LogP contribution in [0.2, 0.25) is 0 Å². The Morgan fingerprint density at radius 3 is 2.67 bits per heavy atom. The van der Waals surface area contributed by atoms with Crippen LogP contribution in [0, 0.1) is 5.92 Å². The Hall–Kier alpha value is -2.88. The molecule has 1 heterocycles. The van der Waals surface area contributed by atoms with Crippen LogP contribution in [0.25, 0.3) is 0 Å². The van der Waals surface area contributed by atoms with Crippen molar-refractivity contribution in [2.45, 2.75) is 68.9 Å². The lowest BCUT2D eigenvalue weighted by atomic mass is 10.1. The minimum absolute atomic E-state index is 0.183. The van der Waals surface area contributed by atoms with E-state index in [4.69, 9.17) is 4.74 Å². The number of benzene rings is 1. The Morgan fingerprint density at radius 1 is 1.18 bits per heavy atom. The molecule has 2 aliphatic rings. The zero-order chi connectivity index (χ0) is 24.3. The van der Waals surface area contributed by atoms with Gasteiger partial charge in [-0.15, -0.1) is 0 Å². The van der Waals surface area contributed by atoms with E-state index in [0.29, 0.717) is 6.54 Å². The number of carbonyl (C=O) groups excluding carboxylic acids is 3. The molecule has 1 unspecified atom stereocenters. The van der Waals surface area contributed by atoms with Crippen LogP contribution in [0.1, 0.15) is 63.2 Å². The standard InChI is InChI=1S/C23H31N3O6S/c1-22(2,3)32-21(29)25-23-15-17(23)11-7-5-4-6-8-13-24-19(27)16-10-9-12-18(14-16)33(30,31)26-20(23)28/h7,9-12,14,17H,4-6,8,13,15H2,1-3H3,(H,24,27)(H,25,29)(H,26,28)/b11-7-/t17?,23-/m1/s1. The molecule has 3 rings (SSSR count). The summed E-state index contributed by atoms with van der Waals surface area (Å²) in [5, 5.41) is 5.37. The van der Waals surface area contributed by atoms with Gasteiger partial charge in [-0.1, -0.05) is 24.6 Å². The van der Waals surface area contributed by atoms with E-state index >= 15 is 0 Å². The Morgan fingerprint density at radius 2 is 1.94 bits per heavy atom. The monoisotopic (exact) mass is 477 g/mol. The summed E-state index contributed by atoms with van der Waals surface area (Å²) in [4.78, 5) is 37.7. The predicted octanol–water partition coefficient (Wildman–Crippen LogP) is 2.63. The fraction of sp³-hybridized carbons (Fsp3) is 0.522. The lowest BCUT2D eigenvalue weighted by Gasteiger charge is -2.23. The van der Waals surface area contributed by atoms with Crippen molar-refractivity contribution >= 4 is 27.9 Å². The molecule has 1 saturated carbocycles. The number of rotatable bonds is 1. The van der Waals surface area contributed by atoms with Gasteiger partial charge in [-0.3, -0.25) is 9.59 Å². The SMILES string of the molecule is CC(C)(C)OC(=O)N[C@]12CC1/C=C\CCCCCNC(=O)c1cccc(c1)S(=O)(=O)NC2=O. The number of fused-ring (bicyclic) bond motifs is 3. The summed E-state index contributed by atoms with van der Waals surface area (Å²) in [5.74, 6) is -1.58. The van der Waals surface area contributed by atoms with Crippen LogP contribution in [0.4, 0.5) is 4.79 Å². The molecular formula is C23H31N3O6S. The van der Waals surface area contributed by atoms with Crippen LogP contribution in [0.5, 0.6) is 0 Å². The molecular weight excluding hydrogens is 446 g/mol. The number of alkyl carbamates (subject to hydrolysis) is 1. The number of nitrogens with one attached hydrogen (secondary N) is 3. The van der Waals surface area contributed by atoms with Crippen LogP contribution in [0.15, 0.2) is 41.3 Å². The number of allylic oxidation sites excluding steroid dienone is 1. The normalized spacial score (nSPS) is 26.6. The molecule has 9 nitrogen and oxygen atoms in total. The minimum Gasteiger partial charge on any atom is -0.444 e. The second-order valence-corrected chi connectivity index (χ2v) is 11.1. The summed E-state index contributed by atoms with van der Waals surface area (Å²) in [6.07, 6.45) is 6.61. The topological polar surface area (TPSA) is 131 Å². The lowest BCUT2D eigenvalue weighted by molar-refractivity contribution is -0.122. The van der Waals surface area contributed by atoms with E-state index in [0.717, 1.165) is 25.7 Å². The van der Waals surface area contributed by atoms with Gasteiger partial charge >= 0.3 is 6.09 Å². The second kappa shape index (κ2) is 9.54. The number of sulfonamides is 1. The molecule has 3 amide bonds. The molecule has 33 heavy (non-hydrogen) atoms. The summed E-state index contributed by atoms with van der Waals surface area (Å²) in [7, 11) is -4.28. The molecule has 0 spiro atoms. The highest BCUT2D eigenvalue weighted by Crippen LogP contribution is 2.45. The van der Waals surface area contributed by atoms with E-state index in [9.17, 15) is 22.8 Å². The highest BCUT2D eigenvalue weighted by molar-refractivity contribution is 7.90. The maximum absolute atomic E-state index is 13.1. The molecule has 180 valence electrons. The molecule has 2 atom stereocenters. The van der Waals surface area contributed by atoms with Crippen molar-refractivity contribution in [1.29, 1.82) is 0 Å². The summed E-state index contributed by atoms with van der Waals surface area (Å²) in [6, 6.07) is 5.48. The first-order chi connectivity index (χ1) is 15.4. The van der Waals surface area contributed by atoms with Crippen molar-refractivity contribution in [3.05, 3.63) is 42.0 Å². The van der Waals surface area contributed by atoms with E-state index in [-0.39, 0.29) is 28.7 Å². The van der Waals surface area contributed by atoms with Crippen LogP contribution < -0.4 is 15.4 Å². The maximum Gasteiger partial charge on any atom is 0.408 e. The second-order valence-electron chi connectivity index (χ2n) is 9.40. The fourth-order valence-electron chi connectivity index (χ4n) is 3.67. The minimum atomic E-state index is -4.28. The average molecular weight is 478 g/mol. The van der Waals surface area contributed by atoms with Crippen molar-refractivity contribution in [1.82, 2.24) is 15.4 Å². The van der Waals surface area contributed by atoms with Gasteiger partial charge in [-0.25, -0.2) is 17.9 Å². The number of ether oxygens (including phenoxy) is 1. The first-order valence-electron chi connectivity index (χ1n) is 11.1. The third kappa shape index (κ3) is 6.34. The van der Waals surface area contributed by atoms with Gasteiger partial charge in [0.25, 0.3) is 21.8 Å². The van der Waals surface area contributed by atoms with Gasteiger partial charge in [-0.05, 0) is 64.7 Å². The zero-order valence-corrected chi connectivity index (χ0v) is 20.0. The largest absolute Gasteiger partial charge is 0.444 e. The van der Waals surface area contributed by atoms with Gasteiger partial charge in [0.2, 0.25) is 0 Å². The van der Waals surface area contributed by atoms with Gasteiger partial charge in [0, 0.05) is 18.0 Å². The Balaban J connectivity index is 1.90. The highest BCUT2D eigenvalue weighted by atomic mass is 32.2. The Kier molecular flexibility index (Phi) is 7.16. The third-order valence-corrected chi connectivity index (χ3v) is 6.81. The zero-order valence-electron chi connectivity index (χ0n) is 19.1. The van der Waals surface area contributed by atoms with Gasteiger partial charge in [0.1, 0.15) is 11.1 Å². The molecule has 3 N–H and O–H groups in total. The summed E-state index contributed by atoms with van der Waals surface area (Å²) < 4.78 is 33.2. The highest BCUT2D eigenvalue weighted by Gasteiger charge is 2.61. The van der Waals surface area contributed by atoms with Crippen molar-refractivity contribution in [3.63, 3.8) is 0 Å². The molecule has 0 aromatic heterocycles. The van der Waals surface area contributed by atoms with Crippen molar-refractivity contribution in [2.75, 3.05) is 6.54 Å². The van der Waals surface area contributed by atoms with Crippen LogP contribution >= 0.6 is 0 Å². The predicted molar refractivity (Wildman–Crippen MR) is 122 cm³/mol. The average Bonchev–Trinajstić information content (AvgIpc) is 3.41. The van der Waals surface area contributed by atoms with Crippen molar-refractivity contribution in [2.24, 2.45) is 5.92 Å². The summed E-state index contributed by atoms with van der Waals surface area (Å²) in [6.45, 7) is 5.58. The van der Waals surface area contributed by atoms with Crippen molar-refractivity contribution in [3.8, 4) is 0 Å². The summed E-state index contributed by atoms with van der Waals surface area (Å²) >= 11 is 0. The number of carbonyl (C=O) groups is 3. The summed E-state index contributed by atoms with van der Waals surface area (Å²) in [5.41, 5.74) is -2.02. The maximum atomic E-state index is 13.1. The number of amides is 3. The van der Waals surface area contributed by atoms with Gasteiger partial charge in [0.15, 0.2) is 0 Å². The van der Waals surface area contributed by atoms with E-state index in [1.165, 1.54) is 24.3 Å². The lowest BCUT2D eigenvalue weighted by Crippen LogP contribution is -2.52. The fourth-order valence-corrected chi connectivity index (χ4v) is 4.76. The Bertz CT molecular complexity index is 1060. The van der Waals surface area contributed by atoms with Gasteiger partial charge < -0.3 is 15.4 Å². The molecule has 0 radical (unpaired) electrons. The quantitative estimate of drug-likeness (QED) is 0.533. The first kappa shape index (κ1) is 24.8. The molecule has 0 saturated heterocycles. The van der Waals surface area contributed by atoms with Crippen LogP contribution in [-0.4, -0.2) is 44.0 Å². The number of hydrogen-bond acceptors (Lipinski definition) is 6. The molecule has 1 aromatic rings. The van der Waals surface area contributed by atoms with E-state index in [1.54, 1.807) is 20.8 Å². The molecule has 1 aliphatic carbocycles. The number of hydrogen-bond donors (Lipinski definition) is 3.